The van der Waals surface area contributed by atoms with E-state index < -0.39 is 17.7 Å². The lowest BCUT2D eigenvalue weighted by Gasteiger charge is -2.35. The van der Waals surface area contributed by atoms with E-state index in [1.807, 2.05) is 0 Å². The highest BCUT2D eigenvalue weighted by molar-refractivity contribution is 9.10. The van der Waals surface area contributed by atoms with Gasteiger partial charge in [-0.3, -0.25) is 14.4 Å². The Balaban J connectivity index is 2.21. The smallest absolute Gasteiger partial charge is 0.411 e. The Morgan fingerprint density at radius 1 is 1.45 bits per heavy atom. The van der Waals surface area contributed by atoms with E-state index in [4.69, 9.17) is 4.74 Å². The molecule has 0 aromatic carbocycles. The third-order valence-corrected chi connectivity index (χ3v) is 3.77. The number of carbonyl (C=O) groups is 2. The van der Waals surface area contributed by atoms with Gasteiger partial charge in [-0.1, -0.05) is 0 Å². The number of aromatic nitrogens is 2. The van der Waals surface area contributed by atoms with Gasteiger partial charge >= 0.3 is 6.09 Å². The molecule has 2 heterocycles. The number of piperazine rings is 1. The number of rotatable bonds is 2. The summed E-state index contributed by atoms with van der Waals surface area (Å²) in [5.41, 5.74) is -0.272. The maximum absolute atomic E-state index is 12.7. The van der Waals surface area contributed by atoms with Crippen LogP contribution in [0.2, 0.25) is 0 Å². The molecule has 2 rings (SSSR count). The molecule has 1 unspecified atom stereocenters. The van der Waals surface area contributed by atoms with Crippen molar-refractivity contribution in [1.82, 2.24) is 20.0 Å². The number of Topliss-reactive ketones (excluding diaryl/α,β-unsaturated/α-hetero) is 1. The van der Waals surface area contributed by atoms with Gasteiger partial charge in [-0.2, -0.15) is 5.10 Å². The topological polar surface area (TPSA) is 76.5 Å². The molecule has 1 aromatic rings. The Morgan fingerprint density at radius 2 is 2.14 bits per heavy atom. The van der Waals surface area contributed by atoms with Gasteiger partial charge in [-0.25, -0.2) is 4.79 Å². The second-order valence-corrected chi connectivity index (χ2v) is 7.11. The predicted molar refractivity (Wildman–Crippen MR) is 84.8 cm³/mol. The first kappa shape index (κ1) is 17.0. The zero-order chi connectivity index (χ0) is 16.5. The third kappa shape index (κ3) is 3.86. The summed E-state index contributed by atoms with van der Waals surface area (Å²) in [5.74, 6) is -0.203. The summed E-state index contributed by atoms with van der Waals surface area (Å²) in [4.78, 5) is 26.5. The van der Waals surface area contributed by atoms with Gasteiger partial charge in [0, 0.05) is 32.9 Å². The van der Waals surface area contributed by atoms with Crippen molar-refractivity contribution in [2.24, 2.45) is 7.05 Å². The van der Waals surface area contributed by atoms with Crippen LogP contribution in [0.15, 0.2) is 10.7 Å². The quantitative estimate of drug-likeness (QED) is 0.797. The molecule has 0 aliphatic carbocycles. The second-order valence-electron chi connectivity index (χ2n) is 6.26. The molecule has 7 nitrogen and oxygen atoms in total. The van der Waals surface area contributed by atoms with Crippen LogP contribution in [0.1, 0.15) is 31.3 Å². The third-order valence-electron chi connectivity index (χ3n) is 3.19. The summed E-state index contributed by atoms with van der Waals surface area (Å²) >= 11 is 3.33. The summed E-state index contributed by atoms with van der Waals surface area (Å²) in [7, 11) is 1.74. The number of ketones is 1. The van der Waals surface area contributed by atoms with Crippen LogP contribution in [-0.4, -0.2) is 57.8 Å². The maximum Gasteiger partial charge on any atom is 0.411 e. The van der Waals surface area contributed by atoms with Crippen LogP contribution in [-0.2, 0) is 11.8 Å². The molecule has 0 radical (unpaired) electrons. The molecular weight excluding hydrogens is 352 g/mol. The van der Waals surface area contributed by atoms with E-state index in [0.717, 1.165) is 0 Å². The lowest BCUT2D eigenvalue weighted by molar-refractivity contribution is 0.0124. The Kier molecular flexibility index (Phi) is 4.91. The van der Waals surface area contributed by atoms with Crippen LogP contribution >= 0.6 is 15.9 Å². The van der Waals surface area contributed by atoms with Gasteiger partial charge in [0.15, 0.2) is 0 Å². The Bertz CT molecular complexity index is 579. The molecule has 1 aromatic heterocycles. The molecule has 122 valence electrons. The van der Waals surface area contributed by atoms with Crippen molar-refractivity contribution in [2.45, 2.75) is 32.4 Å². The van der Waals surface area contributed by atoms with Gasteiger partial charge in [0.2, 0.25) is 5.78 Å². The van der Waals surface area contributed by atoms with Gasteiger partial charge in [0.1, 0.15) is 17.3 Å². The molecular formula is C14H21BrN4O3. The highest BCUT2D eigenvalue weighted by Crippen LogP contribution is 2.20. The Morgan fingerprint density at radius 3 is 2.68 bits per heavy atom. The fourth-order valence-electron chi connectivity index (χ4n) is 2.26. The van der Waals surface area contributed by atoms with Gasteiger partial charge in [-0.05, 0) is 36.7 Å². The van der Waals surface area contributed by atoms with Crippen molar-refractivity contribution in [2.75, 3.05) is 19.6 Å². The average Bonchev–Trinajstić information content (AvgIpc) is 2.75. The zero-order valence-electron chi connectivity index (χ0n) is 13.2. The highest BCUT2D eigenvalue weighted by Gasteiger charge is 2.36. The number of ether oxygens (including phenoxy) is 1. The second kappa shape index (κ2) is 6.37. The van der Waals surface area contributed by atoms with Crippen molar-refractivity contribution < 1.29 is 14.3 Å². The van der Waals surface area contributed by atoms with Crippen LogP contribution in [0.3, 0.4) is 0 Å². The summed E-state index contributed by atoms with van der Waals surface area (Å²) < 4.78 is 7.58. The van der Waals surface area contributed by atoms with Gasteiger partial charge in [0.25, 0.3) is 0 Å². The first-order chi connectivity index (χ1) is 10.2. The van der Waals surface area contributed by atoms with Crippen LogP contribution in [0.4, 0.5) is 4.79 Å². The van der Waals surface area contributed by atoms with E-state index in [2.05, 4.69) is 26.3 Å². The van der Waals surface area contributed by atoms with Crippen LogP contribution in [0, 0.1) is 0 Å². The van der Waals surface area contributed by atoms with Gasteiger partial charge in [0.05, 0.1) is 4.47 Å². The van der Waals surface area contributed by atoms with E-state index in [1.54, 1.807) is 38.7 Å². The minimum Gasteiger partial charge on any atom is -0.444 e. The monoisotopic (exact) mass is 372 g/mol. The Labute approximate surface area is 138 Å². The first-order valence-electron chi connectivity index (χ1n) is 7.13. The van der Waals surface area contributed by atoms with Crippen molar-refractivity contribution in [3.05, 3.63) is 16.4 Å². The molecule has 1 amide bonds. The number of nitrogens with zero attached hydrogens (tertiary/aromatic N) is 3. The molecule has 1 N–H and O–H groups in total. The molecule has 0 bridgehead atoms. The number of hydrogen-bond acceptors (Lipinski definition) is 5. The number of amides is 1. The van der Waals surface area contributed by atoms with E-state index in [9.17, 15) is 9.59 Å². The summed E-state index contributed by atoms with van der Waals surface area (Å²) in [6, 6.07) is -0.616. The van der Waals surface area contributed by atoms with Crippen LogP contribution < -0.4 is 5.32 Å². The molecule has 1 saturated heterocycles. The van der Waals surface area contributed by atoms with E-state index in [-0.39, 0.29) is 5.78 Å². The van der Waals surface area contributed by atoms with Crippen molar-refractivity contribution in [3.63, 3.8) is 0 Å². The van der Waals surface area contributed by atoms with Crippen LogP contribution in [0.25, 0.3) is 0 Å². The molecule has 1 fully saturated rings. The lowest BCUT2D eigenvalue weighted by atomic mass is 10.1. The molecule has 8 heteroatoms. The molecule has 1 aliphatic heterocycles. The molecule has 0 spiro atoms. The van der Waals surface area contributed by atoms with Gasteiger partial charge in [-0.15, -0.1) is 0 Å². The number of nitrogens with one attached hydrogen (secondary N) is 1. The summed E-state index contributed by atoms with van der Waals surface area (Å²) in [5, 5.41) is 7.31. The number of aryl methyl sites for hydroxylation is 1. The molecule has 0 saturated carbocycles. The summed E-state index contributed by atoms with van der Waals surface area (Å²) in [6.07, 6.45) is 1.24. The number of hydrogen-bond donors (Lipinski definition) is 1. The number of carbonyl (C=O) groups excluding carboxylic acids is 2. The summed E-state index contributed by atoms with van der Waals surface area (Å²) in [6.45, 7) is 6.86. The standard InChI is InChI=1S/C14H21BrN4O3/c1-14(2,3)22-13(21)19-6-5-16-7-10(19)12(20)11-9(15)8-18(4)17-11/h8,10,16H,5-7H2,1-4H3. The highest BCUT2D eigenvalue weighted by atomic mass is 79.9. The Hall–Kier alpha value is -1.41. The fourth-order valence-corrected chi connectivity index (χ4v) is 2.83. The zero-order valence-corrected chi connectivity index (χ0v) is 14.8. The fraction of sp³-hybridized carbons (Fsp3) is 0.643. The molecule has 1 aliphatic rings. The first-order valence-corrected chi connectivity index (χ1v) is 7.92. The van der Waals surface area contributed by atoms with E-state index >= 15 is 0 Å². The largest absolute Gasteiger partial charge is 0.444 e. The SMILES string of the molecule is Cn1cc(Br)c(C(=O)C2CNCCN2C(=O)OC(C)(C)C)n1. The average molecular weight is 373 g/mol. The van der Waals surface area contributed by atoms with E-state index in [1.165, 1.54) is 4.90 Å². The van der Waals surface area contributed by atoms with Gasteiger partial charge < -0.3 is 10.1 Å². The molecule has 1 atom stereocenters. The van der Waals surface area contributed by atoms with Crippen molar-refractivity contribution in [1.29, 1.82) is 0 Å². The molecule has 22 heavy (non-hydrogen) atoms. The maximum atomic E-state index is 12.7. The lowest BCUT2D eigenvalue weighted by Crippen LogP contribution is -2.57. The normalized spacial score (nSPS) is 19.1. The van der Waals surface area contributed by atoms with E-state index in [0.29, 0.717) is 29.8 Å². The van der Waals surface area contributed by atoms with Crippen molar-refractivity contribution in [3.8, 4) is 0 Å². The van der Waals surface area contributed by atoms with Crippen molar-refractivity contribution >= 4 is 27.8 Å². The minimum atomic E-state index is -0.616. The van der Waals surface area contributed by atoms with Crippen LogP contribution in [0.5, 0.6) is 0 Å². The minimum absolute atomic E-state index is 0.203. The predicted octanol–water partition coefficient (Wildman–Crippen LogP) is 1.57. The number of halogens is 1.